The zero-order valence-corrected chi connectivity index (χ0v) is 17.9. The molecule has 1 aliphatic rings. The van der Waals surface area contributed by atoms with Gasteiger partial charge in [-0.2, -0.15) is 0 Å². The van der Waals surface area contributed by atoms with E-state index in [1.165, 1.54) is 17.0 Å². The Kier molecular flexibility index (Phi) is 6.87. The molecule has 0 saturated carbocycles. The van der Waals surface area contributed by atoms with Gasteiger partial charge in [0.2, 0.25) is 0 Å². The summed E-state index contributed by atoms with van der Waals surface area (Å²) in [7, 11) is 0. The van der Waals surface area contributed by atoms with Gasteiger partial charge in [-0.25, -0.2) is 4.39 Å². The maximum Gasteiger partial charge on any atom is 0.293 e. The fourth-order valence-electron chi connectivity index (χ4n) is 3.02. The number of benzene rings is 3. The highest BCUT2D eigenvalue weighted by Gasteiger charge is 2.34. The number of amides is 2. The first kappa shape index (κ1) is 21.6. The predicted molar refractivity (Wildman–Crippen MR) is 122 cm³/mol. The molecule has 4 rings (SSSR count). The van der Waals surface area contributed by atoms with Gasteiger partial charge in [-0.3, -0.25) is 14.5 Å². The third-order valence-electron chi connectivity index (χ3n) is 4.70. The van der Waals surface area contributed by atoms with Gasteiger partial charge >= 0.3 is 0 Å². The van der Waals surface area contributed by atoms with Crippen molar-refractivity contribution in [3.63, 3.8) is 0 Å². The molecule has 0 N–H and O–H groups in total. The van der Waals surface area contributed by atoms with Crippen LogP contribution in [0.25, 0.3) is 6.08 Å². The lowest BCUT2D eigenvalue weighted by molar-refractivity contribution is -0.123. The quantitative estimate of drug-likeness (QED) is 0.424. The first-order valence-corrected chi connectivity index (χ1v) is 10.8. The Hall–Kier alpha value is -3.58. The molecule has 0 aromatic heterocycles. The van der Waals surface area contributed by atoms with Crippen LogP contribution in [0.15, 0.2) is 83.8 Å². The number of thioether (sulfide) groups is 1. The Balaban J connectivity index is 1.32. The summed E-state index contributed by atoms with van der Waals surface area (Å²) in [5, 5.41) is -0.308. The molecular weight excluding hydrogens is 429 g/mol. The largest absolute Gasteiger partial charge is 0.492 e. The second-order valence-corrected chi connectivity index (χ2v) is 7.97. The minimum atomic E-state index is -0.326. The SMILES string of the molecule is O=C1S/C(=C\c2ccc(OCc3ccc(F)cc3)cc2)C(=O)N1CCOc1ccccc1. The van der Waals surface area contributed by atoms with Crippen LogP contribution < -0.4 is 9.47 Å². The van der Waals surface area contributed by atoms with Gasteiger partial charge in [0.25, 0.3) is 11.1 Å². The summed E-state index contributed by atoms with van der Waals surface area (Å²) in [6, 6.07) is 22.6. The number of carbonyl (C=O) groups is 2. The zero-order chi connectivity index (χ0) is 22.3. The van der Waals surface area contributed by atoms with Crippen molar-refractivity contribution in [2.45, 2.75) is 6.61 Å². The summed E-state index contributed by atoms with van der Waals surface area (Å²) in [5.41, 5.74) is 1.64. The Morgan fingerprint density at radius 1 is 0.844 bits per heavy atom. The zero-order valence-electron chi connectivity index (χ0n) is 17.1. The monoisotopic (exact) mass is 449 g/mol. The highest BCUT2D eigenvalue weighted by atomic mass is 32.2. The maximum absolute atomic E-state index is 13.0. The van der Waals surface area contributed by atoms with Crippen LogP contribution in [0.1, 0.15) is 11.1 Å². The molecule has 0 aliphatic carbocycles. The molecule has 0 atom stereocenters. The molecule has 1 fully saturated rings. The average Bonchev–Trinajstić information content (AvgIpc) is 3.08. The number of hydrogen-bond donors (Lipinski definition) is 0. The minimum Gasteiger partial charge on any atom is -0.492 e. The molecule has 5 nitrogen and oxygen atoms in total. The third-order valence-corrected chi connectivity index (χ3v) is 5.60. The van der Waals surface area contributed by atoms with Crippen LogP contribution in [0, 0.1) is 5.82 Å². The molecule has 2 amide bonds. The molecule has 1 heterocycles. The van der Waals surface area contributed by atoms with Gasteiger partial charge in [-0.05, 0) is 65.4 Å². The summed E-state index contributed by atoms with van der Waals surface area (Å²) in [4.78, 5) is 26.4. The van der Waals surface area contributed by atoms with Crippen molar-refractivity contribution in [1.82, 2.24) is 4.90 Å². The van der Waals surface area contributed by atoms with Crippen LogP contribution in [-0.2, 0) is 11.4 Å². The topological polar surface area (TPSA) is 55.8 Å². The molecule has 1 saturated heterocycles. The highest BCUT2D eigenvalue weighted by molar-refractivity contribution is 8.18. The summed E-state index contributed by atoms with van der Waals surface area (Å²) in [5.74, 6) is 0.730. The van der Waals surface area contributed by atoms with Crippen LogP contribution >= 0.6 is 11.8 Å². The van der Waals surface area contributed by atoms with Crippen LogP contribution in [0.2, 0.25) is 0 Å². The molecule has 1 aliphatic heterocycles. The smallest absolute Gasteiger partial charge is 0.293 e. The first-order chi connectivity index (χ1) is 15.6. The van der Waals surface area contributed by atoms with E-state index in [0.717, 1.165) is 22.9 Å². The number of para-hydroxylation sites is 1. The second kappa shape index (κ2) is 10.2. The maximum atomic E-state index is 13.0. The molecule has 7 heteroatoms. The van der Waals surface area contributed by atoms with Crippen LogP contribution in [0.5, 0.6) is 11.5 Å². The number of hydrogen-bond acceptors (Lipinski definition) is 5. The van der Waals surface area contributed by atoms with Crippen molar-refractivity contribution >= 4 is 29.0 Å². The van der Waals surface area contributed by atoms with Gasteiger partial charge in [-0.1, -0.05) is 42.5 Å². The van der Waals surface area contributed by atoms with E-state index >= 15 is 0 Å². The number of nitrogens with zero attached hydrogens (tertiary/aromatic N) is 1. The van der Waals surface area contributed by atoms with E-state index in [1.807, 2.05) is 42.5 Å². The number of rotatable bonds is 8. The number of imide groups is 1. The summed E-state index contributed by atoms with van der Waals surface area (Å²) >= 11 is 0.917. The third kappa shape index (κ3) is 5.56. The second-order valence-electron chi connectivity index (χ2n) is 6.98. The van der Waals surface area contributed by atoms with Crippen molar-refractivity contribution in [3.05, 3.63) is 101 Å². The van der Waals surface area contributed by atoms with Crippen LogP contribution in [0.4, 0.5) is 9.18 Å². The van der Waals surface area contributed by atoms with Crippen molar-refractivity contribution in [2.24, 2.45) is 0 Å². The van der Waals surface area contributed by atoms with Crippen LogP contribution in [0.3, 0.4) is 0 Å². The average molecular weight is 450 g/mol. The van der Waals surface area contributed by atoms with E-state index in [-0.39, 0.29) is 30.1 Å². The Morgan fingerprint density at radius 2 is 1.53 bits per heavy atom. The molecule has 0 bridgehead atoms. The van der Waals surface area contributed by atoms with E-state index < -0.39 is 0 Å². The number of carbonyl (C=O) groups excluding carboxylic acids is 2. The van der Waals surface area contributed by atoms with E-state index in [1.54, 1.807) is 30.3 Å². The lowest BCUT2D eigenvalue weighted by Crippen LogP contribution is -2.32. The molecule has 0 spiro atoms. The lowest BCUT2D eigenvalue weighted by atomic mass is 10.2. The molecule has 0 unspecified atom stereocenters. The summed E-state index contributed by atoms with van der Waals surface area (Å²) in [6.45, 7) is 0.742. The standard InChI is InChI=1S/C25H20FNO4S/c26-20-10-6-19(7-11-20)17-31-22-12-8-18(9-13-22)16-23-24(28)27(25(29)32-23)14-15-30-21-4-2-1-3-5-21/h1-13,16H,14-15,17H2/b23-16-. The molecule has 0 radical (unpaired) electrons. The minimum absolute atomic E-state index is 0.188. The Labute approximate surface area is 189 Å². The molecule has 162 valence electrons. The van der Waals surface area contributed by atoms with Gasteiger partial charge in [0, 0.05) is 0 Å². The Bertz CT molecular complexity index is 1110. The van der Waals surface area contributed by atoms with Gasteiger partial charge in [0.1, 0.15) is 30.5 Å². The molecule has 32 heavy (non-hydrogen) atoms. The van der Waals surface area contributed by atoms with Gasteiger partial charge in [-0.15, -0.1) is 0 Å². The fourth-order valence-corrected chi connectivity index (χ4v) is 3.89. The normalized spacial score (nSPS) is 14.8. The summed E-state index contributed by atoms with van der Waals surface area (Å²) in [6.07, 6.45) is 1.69. The van der Waals surface area contributed by atoms with Gasteiger partial charge in [0.05, 0.1) is 11.4 Å². The predicted octanol–water partition coefficient (Wildman–Crippen LogP) is 5.52. The van der Waals surface area contributed by atoms with E-state index in [9.17, 15) is 14.0 Å². The lowest BCUT2D eigenvalue weighted by Gasteiger charge is -2.13. The van der Waals surface area contributed by atoms with E-state index in [4.69, 9.17) is 9.47 Å². The van der Waals surface area contributed by atoms with Gasteiger partial charge < -0.3 is 9.47 Å². The van der Waals surface area contributed by atoms with Crippen molar-refractivity contribution < 1.29 is 23.5 Å². The molecular formula is C25H20FNO4S. The van der Waals surface area contributed by atoms with Gasteiger partial charge in [0.15, 0.2) is 0 Å². The first-order valence-electron chi connectivity index (χ1n) is 9.99. The van der Waals surface area contributed by atoms with Crippen molar-refractivity contribution in [3.8, 4) is 11.5 Å². The highest BCUT2D eigenvalue weighted by Crippen LogP contribution is 2.32. The van der Waals surface area contributed by atoms with E-state index in [2.05, 4.69) is 0 Å². The molecule has 3 aromatic rings. The van der Waals surface area contributed by atoms with E-state index in [0.29, 0.717) is 23.0 Å². The number of ether oxygens (including phenoxy) is 2. The van der Waals surface area contributed by atoms with Crippen LogP contribution in [-0.4, -0.2) is 29.2 Å². The van der Waals surface area contributed by atoms with Crippen molar-refractivity contribution in [1.29, 1.82) is 0 Å². The fraction of sp³-hybridized carbons (Fsp3) is 0.120. The Morgan fingerprint density at radius 3 is 2.25 bits per heavy atom. The van der Waals surface area contributed by atoms with Crippen molar-refractivity contribution in [2.75, 3.05) is 13.2 Å². The molecule has 3 aromatic carbocycles. The number of halogens is 1. The summed E-state index contributed by atoms with van der Waals surface area (Å²) < 4.78 is 24.3.